The average Bonchev–Trinajstić information content (AvgIpc) is 2.96. The van der Waals surface area contributed by atoms with Gasteiger partial charge in [-0.1, -0.05) is 48.0 Å². The Morgan fingerprint density at radius 2 is 1.60 bits per heavy atom. The predicted octanol–water partition coefficient (Wildman–Crippen LogP) is 6.62. The Kier molecular flexibility index (Phi) is 9.57. The van der Waals surface area contributed by atoms with E-state index in [1.807, 2.05) is 24.3 Å². The molecule has 0 heterocycles. The number of hydrogen-bond acceptors (Lipinski definition) is 6. The predicted molar refractivity (Wildman–Crippen MR) is 157 cm³/mol. The number of thioether (sulfide) groups is 1. The van der Waals surface area contributed by atoms with Crippen molar-refractivity contribution in [3.8, 4) is 11.5 Å². The Balaban J connectivity index is 1.61. The Morgan fingerprint density at radius 3 is 2.30 bits per heavy atom. The van der Waals surface area contributed by atoms with Crippen LogP contribution in [-0.2, 0) is 20.6 Å². The summed E-state index contributed by atoms with van der Waals surface area (Å²) in [5.41, 5.74) is 1.28. The Labute approximate surface area is 241 Å². The van der Waals surface area contributed by atoms with Gasteiger partial charge in [0.05, 0.1) is 30.5 Å². The molecule has 1 amide bonds. The molecule has 0 aliphatic rings. The van der Waals surface area contributed by atoms with E-state index in [-0.39, 0.29) is 16.3 Å². The number of methoxy groups -OCH3 is 2. The van der Waals surface area contributed by atoms with Gasteiger partial charge in [0, 0.05) is 21.7 Å². The molecule has 0 spiro atoms. The molecule has 208 valence electrons. The van der Waals surface area contributed by atoms with Crippen LogP contribution in [0.25, 0.3) is 0 Å². The van der Waals surface area contributed by atoms with E-state index in [1.165, 1.54) is 62.4 Å². The summed E-state index contributed by atoms with van der Waals surface area (Å²) >= 11 is 7.47. The van der Waals surface area contributed by atoms with E-state index in [9.17, 15) is 17.6 Å². The Bertz CT molecular complexity index is 1600. The second kappa shape index (κ2) is 13.1. The molecule has 4 aromatic carbocycles. The third-order valence-electron chi connectivity index (χ3n) is 5.82. The van der Waals surface area contributed by atoms with Gasteiger partial charge in [0.15, 0.2) is 11.5 Å². The van der Waals surface area contributed by atoms with Crippen molar-refractivity contribution < 1.29 is 27.1 Å². The third kappa shape index (κ3) is 6.88. The van der Waals surface area contributed by atoms with Crippen LogP contribution in [0.1, 0.15) is 5.56 Å². The molecule has 7 nitrogen and oxygen atoms in total. The molecule has 0 atom stereocenters. The van der Waals surface area contributed by atoms with Crippen molar-refractivity contribution in [2.75, 3.05) is 30.4 Å². The number of anilines is 2. The second-order valence-corrected chi connectivity index (χ2v) is 11.8. The van der Waals surface area contributed by atoms with E-state index in [2.05, 4.69) is 5.32 Å². The molecule has 40 heavy (non-hydrogen) atoms. The quantitative estimate of drug-likeness (QED) is 0.195. The minimum absolute atomic E-state index is 0.174. The van der Waals surface area contributed by atoms with Gasteiger partial charge in [0.2, 0.25) is 5.91 Å². The van der Waals surface area contributed by atoms with Crippen LogP contribution in [0.5, 0.6) is 11.5 Å². The monoisotopic (exact) mass is 600 g/mol. The molecule has 0 saturated carbocycles. The maximum Gasteiger partial charge on any atom is 0.265 e. The molecular formula is C29H26ClFN2O5S2. The van der Waals surface area contributed by atoms with E-state index in [0.717, 1.165) is 20.8 Å². The van der Waals surface area contributed by atoms with Gasteiger partial charge in [-0.05, 0) is 54.1 Å². The van der Waals surface area contributed by atoms with Gasteiger partial charge in [-0.15, -0.1) is 11.8 Å². The summed E-state index contributed by atoms with van der Waals surface area (Å²) in [5, 5.41) is 3.43. The number of nitrogens with one attached hydrogen (secondary N) is 1. The van der Waals surface area contributed by atoms with Gasteiger partial charge < -0.3 is 14.8 Å². The van der Waals surface area contributed by atoms with E-state index in [0.29, 0.717) is 22.2 Å². The van der Waals surface area contributed by atoms with Crippen molar-refractivity contribution in [1.82, 2.24) is 0 Å². The fraction of sp³-hybridized carbons (Fsp3) is 0.138. The van der Waals surface area contributed by atoms with Gasteiger partial charge in [-0.25, -0.2) is 12.8 Å². The van der Waals surface area contributed by atoms with Crippen molar-refractivity contribution in [1.29, 1.82) is 0 Å². The van der Waals surface area contributed by atoms with Crippen LogP contribution in [0.15, 0.2) is 101 Å². The Morgan fingerprint density at radius 1 is 0.925 bits per heavy atom. The topological polar surface area (TPSA) is 84.9 Å². The molecular weight excluding hydrogens is 575 g/mol. The van der Waals surface area contributed by atoms with Crippen LogP contribution in [-0.4, -0.2) is 35.1 Å². The summed E-state index contributed by atoms with van der Waals surface area (Å²) in [5.74, 6) is -0.318. The number of rotatable bonds is 11. The summed E-state index contributed by atoms with van der Waals surface area (Å²) in [4.78, 5) is 13.9. The maximum absolute atomic E-state index is 14.9. The summed E-state index contributed by atoms with van der Waals surface area (Å²) in [6.07, 6.45) is 0. The van der Waals surface area contributed by atoms with Crippen LogP contribution >= 0.6 is 23.4 Å². The highest BCUT2D eigenvalue weighted by atomic mass is 35.5. The number of benzene rings is 4. The highest BCUT2D eigenvalue weighted by molar-refractivity contribution is 7.98. The van der Waals surface area contributed by atoms with Crippen molar-refractivity contribution in [2.24, 2.45) is 0 Å². The van der Waals surface area contributed by atoms with E-state index in [1.54, 1.807) is 24.3 Å². The van der Waals surface area contributed by atoms with Crippen LogP contribution in [0.4, 0.5) is 15.8 Å². The van der Waals surface area contributed by atoms with E-state index >= 15 is 0 Å². The molecule has 11 heteroatoms. The first-order chi connectivity index (χ1) is 19.2. The largest absolute Gasteiger partial charge is 0.493 e. The zero-order chi connectivity index (χ0) is 28.7. The lowest BCUT2D eigenvalue weighted by atomic mass is 10.2. The number of ether oxygens (including phenoxy) is 2. The number of sulfonamides is 1. The minimum Gasteiger partial charge on any atom is -0.493 e. The van der Waals surface area contributed by atoms with Gasteiger partial charge in [-0.2, -0.15) is 0 Å². The summed E-state index contributed by atoms with van der Waals surface area (Å²) in [6, 6.07) is 24.0. The molecule has 1 N–H and O–H groups in total. The first-order valence-corrected chi connectivity index (χ1v) is 14.8. The normalized spacial score (nSPS) is 11.1. The zero-order valence-electron chi connectivity index (χ0n) is 21.6. The van der Waals surface area contributed by atoms with Crippen molar-refractivity contribution in [3.05, 3.63) is 107 Å². The molecule has 0 aliphatic heterocycles. The third-order valence-corrected chi connectivity index (χ3v) is 8.97. The Hall–Kier alpha value is -3.73. The molecule has 0 fully saturated rings. The summed E-state index contributed by atoms with van der Waals surface area (Å²) < 4.78 is 53.6. The molecule has 0 unspecified atom stereocenters. The maximum atomic E-state index is 14.9. The molecule has 0 aliphatic carbocycles. The van der Waals surface area contributed by atoms with Crippen molar-refractivity contribution in [3.63, 3.8) is 0 Å². The molecule has 4 rings (SSSR count). The fourth-order valence-corrected chi connectivity index (χ4v) is 6.35. The van der Waals surface area contributed by atoms with Gasteiger partial charge in [-0.3, -0.25) is 9.10 Å². The minimum atomic E-state index is -4.40. The summed E-state index contributed by atoms with van der Waals surface area (Å²) in [7, 11) is -1.60. The highest BCUT2D eigenvalue weighted by Gasteiger charge is 2.30. The lowest BCUT2D eigenvalue weighted by Gasteiger charge is -2.25. The molecule has 0 bridgehead atoms. The number of amides is 1. The zero-order valence-corrected chi connectivity index (χ0v) is 24.0. The molecule has 0 saturated heterocycles. The van der Waals surface area contributed by atoms with E-state index < -0.39 is 28.3 Å². The average molecular weight is 601 g/mol. The highest BCUT2D eigenvalue weighted by Crippen LogP contribution is 2.34. The number of nitrogens with zero attached hydrogens (tertiary/aromatic N) is 1. The van der Waals surface area contributed by atoms with Crippen LogP contribution in [0.2, 0.25) is 5.02 Å². The molecule has 0 aromatic heterocycles. The van der Waals surface area contributed by atoms with Crippen LogP contribution in [0, 0.1) is 5.82 Å². The van der Waals surface area contributed by atoms with Gasteiger partial charge >= 0.3 is 0 Å². The lowest BCUT2D eigenvalue weighted by Crippen LogP contribution is -2.38. The molecule has 4 aromatic rings. The van der Waals surface area contributed by atoms with Gasteiger partial charge in [0.1, 0.15) is 12.4 Å². The number of carbonyl (C=O) groups is 1. The number of hydrogen-bond donors (Lipinski definition) is 1. The first-order valence-electron chi connectivity index (χ1n) is 12.0. The van der Waals surface area contributed by atoms with Gasteiger partial charge in [0.25, 0.3) is 10.0 Å². The summed E-state index contributed by atoms with van der Waals surface area (Å²) in [6.45, 7) is -0.673. The number of para-hydroxylation sites is 2. The van der Waals surface area contributed by atoms with E-state index in [4.69, 9.17) is 21.1 Å². The number of halogens is 2. The van der Waals surface area contributed by atoms with Crippen molar-refractivity contribution in [2.45, 2.75) is 15.5 Å². The smallest absolute Gasteiger partial charge is 0.265 e. The van der Waals surface area contributed by atoms with Crippen molar-refractivity contribution >= 4 is 50.7 Å². The number of carbonyl (C=O) groups excluding carboxylic acids is 1. The van der Waals surface area contributed by atoms with Crippen LogP contribution in [0.3, 0.4) is 0 Å². The molecule has 0 radical (unpaired) electrons. The lowest BCUT2D eigenvalue weighted by molar-refractivity contribution is -0.114. The fourth-order valence-electron chi connectivity index (χ4n) is 3.82. The van der Waals surface area contributed by atoms with Crippen LogP contribution < -0.4 is 19.1 Å². The SMILES string of the molecule is COc1ccc(S(=O)(=O)N(CC(=O)Nc2ccccc2SCc2ccc(Cl)cc2)c2ccccc2F)cc1OC. The standard InChI is InChI=1S/C29H26ClFN2O5S2/c1-37-26-16-15-22(17-27(26)38-2)40(35,36)33(25-9-5-3-7-23(25)31)18-29(34)32-24-8-4-6-10-28(24)39-19-20-11-13-21(30)14-12-20/h3-17H,18-19H2,1-2H3,(H,32,34). The first kappa shape index (κ1) is 29.3. The second-order valence-electron chi connectivity index (χ2n) is 8.44.